The first-order valence-corrected chi connectivity index (χ1v) is 4.64. The molecule has 8 heteroatoms. The summed E-state index contributed by atoms with van der Waals surface area (Å²) in [6, 6.07) is -1.43. The van der Waals surface area contributed by atoms with Crippen LogP contribution in [0.4, 0.5) is 13.2 Å². The van der Waals surface area contributed by atoms with E-state index in [1.165, 1.54) is 0 Å². The van der Waals surface area contributed by atoms with E-state index in [1.54, 1.807) is 5.32 Å². The van der Waals surface area contributed by atoms with Crippen molar-refractivity contribution in [1.29, 1.82) is 0 Å². The second-order valence-electron chi connectivity index (χ2n) is 3.54. The maximum Gasteiger partial charge on any atom is 0.471 e. The highest BCUT2D eigenvalue weighted by atomic mass is 19.4. The number of amides is 1. The van der Waals surface area contributed by atoms with Crippen LogP contribution in [-0.4, -0.2) is 41.8 Å². The topological polar surface area (TPSA) is 78.4 Å². The molecular formula is C8H11F3N2O3. The Balaban J connectivity index is 2.38. The van der Waals surface area contributed by atoms with Crippen LogP contribution in [0.5, 0.6) is 0 Å². The average molecular weight is 240 g/mol. The van der Waals surface area contributed by atoms with Crippen LogP contribution >= 0.6 is 0 Å². The van der Waals surface area contributed by atoms with Crippen LogP contribution in [0.3, 0.4) is 0 Å². The summed E-state index contributed by atoms with van der Waals surface area (Å²) in [4.78, 5) is 21.1. The summed E-state index contributed by atoms with van der Waals surface area (Å²) < 4.78 is 35.6. The monoisotopic (exact) mass is 240 g/mol. The zero-order valence-electron chi connectivity index (χ0n) is 8.17. The molecule has 1 heterocycles. The van der Waals surface area contributed by atoms with Crippen molar-refractivity contribution in [3.05, 3.63) is 0 Å². The average Bonchev–Trinajstić information content (AvgIpc) is 2.17. The highest BCUT2D eigenvalue weighted by molar-refractivity contribution is 5.82. The third kappa shape index (κ3) is 3.37. The molecule has 2 atom stereocenters. The molecular weight excluding hydrogens is 229 g/mol. The molecule has 3 N–H and O–H groups in total. The molecule has 1 amide bonds. The van der Waals surface area contributed by atoms with Gasteiger partial charge in [-0.05, 0) is 12.8 Å². The number of alkyl halides is 3. The third-order valence-electron chi connectivity index (χ3n) is 2.31. The summed E-state index contributed by atoms with van der Waals surface area (Å²) in [5.41, 5.74) is 0. The summed E-state index contributed by atoms with van der Waals surface area (Å²) in [5, 5.41) is 12.9. The lowest BCUT2D eigenvalue weighted by Crippen LogP contribution is -2.54. The number of carbonyl (C=O) groups is 2. The van der Waals surface area contributed by atoms with Gasteiger partial charge in [-0.2, -0.15) is 13.2 Å². The van der Waals surface area contributed by atoms with Crippen LogP contribution in [0.25, 0.3) is 0 Å². The quantitative estimate of drug-likeness (QED) is 0.628. The molecule has 0 unspecified atom stereocenters. The lowest BCUT2D eigenvalue weighted by atomic mass is 10.0. The molecule has 1 rings (SSSR count). The second kappa shape index (κ2) is 4.69. The van der Waals surface area contributed by atoms with E-state index in [0.717, 1.165) is 0 Å². The first-order chi connectivity index (χ1) is 7.30. The standard InChI is InChI=1S/C8H11F3N2O3/c9-8(10,11)7(16)13-4-1-2-5(6(14)15)12-3-4/h4-5,12H,1-3H2,(H,13,16)(H,14,15)/t4-,5-/m0/s1. The lowest BCUT2D eigenvalue weighted by molar-refractivity contribution is -0.174. The van der Waals surface area contributed by atoms with Crippen LogP contribution in [0.2, 0.25) is 0 Å². The van der Waals surface area contributed by atoms with Gasteiger partial charge in [0.15, 0.2) is 0 Å². The van der Waals surface area contributed by atoms with E-state index in [1.807, 2.05) is 0 Å². The number of rotatable bonds is 2. The predicted octanol–water partition coefficient (Wildman–Crippen LogP) is -0.130. The molecule has 0 aromatic rings. The molecule has 0 bridgehead atoms. The van der Waals surface area contributed by atoms with E-state index in [-0.39, 0.29) is 19.4 Å². The van der Waals surface area contributed by atoms with E-state index in [4.69, 9.17) is 5.11 Å². The second-order valence-corrected chi connectivity index (χ2v) is 3.54. The van der Waals surface area contributed by atoms with Crippen LogP contribution in [0.15, 0.2) is 0 Å². The fourth-order valence-corrected chi connectivity index (χ4v) is 1.46. The number of piperidine rings is 1. The van der Waals surface area contributed by atoms with Gasteiger partial charge in [-0.25, -0.2) is 0 Å². The molecule has 0 aliphatic carbocycles. The van der Waals surface area contributed by atoms with Gasteiger partial charge in [-0.3, -0.25) is 9.59 Å². The summed E-state index contributed by atoms with van der Waals surface area (Å²) in [7, 11) is 0. The van der Waals surface area contributed by atoms with Crippen molar-refractivity contribution >= 4 is 11.9 Å². The van der Waals surface area contributed by atoms with Crippen molar-refractivity contribution in [3.63, 3.8) is 0 Å². The number of halogens is 3. The number of hydrogen-bond donors (Lipinski definition) is 3. The number of carboxylic acid groups (broad SMARTS) is 1. The van der Waals surface area contributed by atoms with Crippen molar-refractivity contribution in [1.82, 2.24) is 10.6 Å². The van der Waals surface area contributed by atoms with E-state index in [9.17, 15) is 22.8 Å². The van der Waals surface area contributed by atoms with Gasteiger partial charge >= 0.3 is 18.1 Å². The van der Waals surface area contributed by atoms with Gasteiger partial charge in [-0.15, -0.1) is 0 Å². The van der Waals surface area contributed by atoms with Crippen molar-refractivity contribution in [2.24, 2.45) is 0 Å². The Bertz CT molecular complexity index is 285. The Morgan fingerprint density at radius 1 is 1.31 bits per heavy atom. The SMILES string of the molecule is O=C(O)[C@@H]1CC[C@H](NC(=O)C(F)(F)F)CN1. The Labute approximate surface area is 89.0 Å². The fraction of sp³-hybridized carbons (Fsp3) is 0.750. The highest BCUT2D eigenvalue weighted by Gasteiger charge is 2.40. The molecule has 0 saturated carbocycles. The molecule has 92 valence electrons. The minimum absolute atomic E-state index is 0.0266. The summed E-state index contributed by atoms with van der Waals surface area (Å²) >= 11 is 0. The first-order valence-electron chi connectivity index (χ1n) is 4.64. The molecule has 0 radical (unpaired) electrons. The molecule has 0 aromatic heterocycles. The fourth-order valence-electron chi connectivity index (χ4n) is 1.46. The number of carbonyl (C=O) groups excluding carboxylic acids is 1. The van der Waals surface area contributed by atoms with Gasteiger partial charge in [0.25, 0.3) is 0 Å². The van der Waals surface area contributed by atoms with Crippen LogP contribution in [0, 0.1) is 0 Å². The number of carboxylic acids is 1. The van der Waals surface area contributed by atoms with Crippen LogP contribution < -0.4 is 10.6 Å². The van der Waals surface area contributed by atoms with Gasteiger partial charge in [-0.1, -0.05) is 0 Å². The van der Waals surface area contributed by atoms with Gasteiger partial charge < -0.3 is 15.7 Å². The number of aliphatic carboxylic acids is 1. The van der Waals surface area contributed by atoms with Crippen LogP contribution in [0.1, 0.15) is 12.8 Å². The zero-order chi connectivity index (χ0) is 12.3. The molecule has 16 heavy (non-hydrogen) atoms. The normalized spacial score (nSPS) is 26.2. The van der Waals surface area contributed by atoms with Crippen molar-refractivity contribution in [2.75, 3.05) is 6.54 Å². The summed E-state index contributed by atoms with van der Waals surface area (Å²) in [5.74, 6) is -3.03. The van der Waals surface area contributed by atoms with Crippen molar-refractivity contribution in [3.8, 4) is 0 Å². The molecule has 0 spiro atoms. The Morgan fingerprint density at radius 2 is 1.94 bits per heavy atom. The molecule has 1 aliphatic heterocycles. The maximum absolute atomic E-state index is 11.9. The van der Waals surface area contributed by atoms with E-state index in [2.05, 4.69) is 5.32 Å². The molecule has 5 nitrogen and oxygen atoms in total. The number of hydrogen-bond acceptors (Lipinski definition) is 3. The van der Waals surface area contributed by atoms with Gasteiger partial charge in [0.1, 0.15) is 6.04 Å². The third-order valence-corrected chi connectivity index (χ3v) is 2.31. The summed E-state index contributed by atoms with van der Waals surface area (Å²) in [6.45, 7) is 0.0266. The van der Waals surface area contributed by atoms with Gasteiger partial charge in [0.05, 0.1) is 0 Å². The van der Waals surface area contributed by atoms with Gasteiger partial charge in [0.2, 0.25) is 0 Å². The highest BCUT2D eigenvalue weighted by Crippen LogP contribution is 2.16. The summed E-state index contributed by atoms with van der Waals surface area (Å²) in [6.07, 6.45) is -4.49. The first kappa shape index (κ1) is 12.8. The van der Waals surface area contributed by atoms with E-state index >= 15 is 0 Å². The van der Waals surface area contributed by atoms with Crippen LogP contribution in [-0.2, 0) is 9.59 Å². The van der Waals surface area contributed by atoms with Crippen molar-refractivity contribution in [2.45, 2.75) is 31.1 Å². The Morgan fingerprint density at radius 3 is 2.31 bits per heavy atom. The molecule has 1 aliphatic rings. The van der Waals surface area contributed by atoms with E-state index in [0.29, 0.717) is 0 Å². The minimum Gasteiger partial charge on any atom is -0.480 e. The molecule has 0 aromatic carbocycles. The lowest BCUT2D eigenvalue weighted by Gasteiger charge is -2.28. The smallest absolute Gasteiger partial charge is 0.471 e. The maximum atomic E-state index is 11.9. The molecule has 1 fully saturated rings. The largest absolute Gasteiger partial charge is 0.480 e. The Hall–Kier alpha value is -1.31. The Kier molecular flexibility index (Phi) is 3.74. The number of nitrogens with one attached hydrogen (secondary N) is 2. The zero-order valence-corrected chi connectivity index (χ0v) is 8.17. The van der Waals surface area contributed by atoms with Crippen molar-refractivity contribution < 1.29 is 27.9 Å². The molecule has 1 saturated heterocycles. The van der Waals surface area contributed by atoms with E-state index < -0.39 is 30.1 Å². The minimum atomic E-state index is -4.90. The van der Waals surface area contributed by atoms with Gasteiger partial charge in [0, 0.05) is 12.6 Å². The predicted molar refractivity (Wildman–Crippen MR) is 46.6 cm³/mol.